The minimum Gasteiger partial charge on any atom is -0.469 e. The number of nitrogens with two attached hydrogens (primary N) is 1. The molecule has 4 N–H and O–H groups in total. The van der Waals surface area contributed by atoms with E-state index < -0.39 is 23.8 Å². The van der Waals surface area contributed by atoms with Crippen molar-refractivity contribution >= 4 is 40.9 Å². The Morgan fingerprint density at radius 1 is 1.14 bits per heavy atom. The Bertz CT molecular complexity index is 954. The first kappa shape index (κ1) is 19.8. The Balaban J connectivity index is 1.92. The van der Waals surface area contributed by atoms with E-state index in [0.717, 1.165) is 16.0 Å². The molecule has 0 spiro atoms. The minimum absolute atomic E-state index is 0.248. The van der Waals surface area contributed by atoms with E-state index in [1.807, 2.05) is 26.0 Å². The number of rotatable bonds is 4. The quantitative estimate of drug-likeness (QED) is 0.538. The molecule has 0 unspecified atom stereocenters. The Hall–Kier alpha value is -3.00. The number of carbonyl (C=O) groups is 3. The van der Waals surface area contributed by atoms with Crippen molar-refractivity contribution < 1.29 is 19.1 Å². The monoisotopic (exact) mass is 399 g/mol. The van der Waals surface area contributed by atoms with Crippen LogP contribution in [0, 0.1) is 13.8 Å². The van der Waals surface area contributed by atoms with Crippen LogP contribution in [0.4, 0.5) is 11.4 Å². The Morgan fingerprint density at radius 3 is 2.46 bits per heavy atom. The van der Waals surface area contributed by atoms with Crippen molar-refractivity contribution in [3.05, 3.63) is 47.0 Å². The fourth-order valence-electron chi connectivity index (χ4n) is 3.01. The number of esters is 1. The molecule has 3 rings (SSSR count). The van der Waals surface area contributed by atoms with Gasteiger partial charge in [0.1, 0.15) is 6.04 Å². The smallest absolute Gasteiger partial charge is 0.308 e. The molecule has 28 heavy (non-hydrogen) atoms. The first-order chi connectivity index (χ1) is 13.3. The maximum absolute atomic E-state index is 12.6. The first-order valence-electron chi connectivity index (χ1n) is 8.65. The molecule has 0 saturated heterocycles. The number of hydrogen-bond donors (Lipinski definition) is 3. The summed E-state index contributed by atoms with van der Waals surface area (Å²) in [6.07, 6.45) is -0.248. The average molecular weight is 399 g/mol. The number of nitrogens with one attached hydrogen (secondary N) is 2. The molecule has 0 fully saturated rings. The van der Waals surface area contributed by atoms with Crippen molar-refractivity contribution in [2.24, 2.45) is 0 Å². The van der Waals surface area contributed by atoms with Crippen LogP contribution in [-0.4, -0.2) is 30.9 Å². The fraction of sp³-hybridized carbons (Fsp3) is 0.250. The molecule has 1 heterocycles. The molecular weight excluding hydrogens is 378 g/mol. The number of benzene rings is 2. The highest BCUT2D eigenvalue weighted by Crippen LogP contribution is 2.37. The van der Waals surface area contributed by atoms with E-state index in [2.05, 4.69) is 21.4 Å². The second-order valence-corrected chi connectivity index (χ2v) is 7.77. The maximum Gasteiger partial charge on any atom is 0.308 e. The lowest BCUT2D eigenvalue weighted by molar-refractivity contribution is -0.142. The van der Waals surface area contributed by atoms with E-state index >= 15 is 0 Å². The average Bonchev–Trinajstić information content (AvgIpc) is 2.71. The van der Waals surface area contributed by atoms with Gasteiger partial charge in [-0.25, -0.2) is 0 Å². The molecule has 2 aromatic rings. The Kier molecular flexibility index (Phi) is 5.60. The van der Waals surface area contributed by atoms with E-state index in [1.54, 1.807) is 12.1 Å². The summed E-state index contributed by atoms with van der Waals surface area (Å²) >= 11 is 1.45. The predicted molar refractivity (Wildman–Crippen MR) is 107 cm³/mol. The summed E-state index contributed by atoms with van der Waals surface area (Å²) in [4.78, 5) is 38.2. The zero-order chi connectivity index (χ0) is 20.4. The normalized spacial score (nSPS) is 15.9. The predicted octanol–water partition coefficient (Wildman–Crippen LogP) is 2.65. The maximum atomic E-state index is 12.6. The lowest BCUT2D eigenvalue weighted by Crippen LogP contribution is -2.42. The van der Waals surface area contributed by atoms with Crippen molar-refractivity contribution in [2.75, 3.05) is 18.2 Å². The van der Waals surface area contributed by atoms with Crippen LogP contribution in [0.3, 0.4) is 0 Å². The van der Waals surface area contributed by atoms with E-state index in [9.17, 15) is 14.4 Å². The highest BCUT2D eigenvalue weighted by atomic mass is 32.2. The van der Waals surface area contributed by atoms with Gasteiger partial charge in [-0.15, -0.1) is 0 Å². The summed E-state index contributed by atoms with van der Waals surface area (Å²) in [5, 5.41) is 5.24. The zero-order valence-electron chi connectivity index (χ0n) is 15.8. The number of nitrogen functional groups attached to an aromatic ring is 1. The topological polar surface area (TPSA) is 111 Å². The van der Waals surface area contributed by atoms with Gasteiger partial charge in [0.25, 0.3) is 5.91 Å². The van der Waals surface area contributed by atoms with Crippen LogP contribution < -0.4 is 16.4 Å². The SMILES string of the molecule is COC(=O)C[C@@H]1NC(=O)c2cc(Sc3cc(C)cc(C)c3)c(N)cc2NC1=O. The lowest BCUT2D eigenvalue weighted by atomic mass is 10.1. The van der Waals surface area contributed by atoms with Crippen LogP contribution in [-0.2, 0) is 14.3 Å². The molecule has 1 atom stereocenters. The molecule has 1 aliphatic rings. The molecule has 2 aromatic carbocycles. The van der Waals surface area contributed by atoms with Gasteiger partial charge in [0.15, 0.2) is 0 Å². The number of hydrogen-bond acceptors (Lipinski definition) is 6. The second kappa shape index (κ2) is 7.93. The molecule has 0 aliphatic carbocycles. The summed E-state index contributed by atoms with van der Waals surface area (Å²) in [6.45, 7) is 4.03. The summed E-state index contributed by atoms with van der Waals surface area (Å²) in [5.41, 5.74) is 9.49. The van der Waals surface area contributed by atoms with Gasteiger partial charge in [-0.2, -0.15) is 0 Å². The molecule has 8 heteroatoms. The second-order valence-electron chi connectivity index (χ2n) is 6.66. The molecule has 0 radical (unpaired) electrons. The van der Waals surface area contributed by atoms with Crippen molar-refractivity contribution in [1.29, 1.82) is 0 Å². The molecule has 0 aromatic heterocycles. The summed E-state index contributed by atoms with van der Waals surface area (Å²) < 4.78 is 4.58. The molecule has 1 aliphatic heterocycles. The number of carbonyl (C=O) groups excluding carboxylic acids is 3. The van der Waals surface area contributed by atoms with Gasteiger partial charge < -0.3 is 21.1 Å². The number of amides is 2. The van der Waals surface area contributed by atoms with Gasteiger partial charge in [0.2, 0.25) is 5.91 Å². The highest BCUT2D eigenvalue weighted by molar-refractivity contribution is 7.99. The number of anilines is 2. The first-order valence-corrected chi connectivity index (χ1v) is 9.46. The third kappa shape index (κ3) is 4.28. The van der Waals surface area contributed by atoms with Crippen LogP contribution in [0.25, 0.3) is 0 Å². The Morgan fingerprint density at radius 2 is 1.82 bits per heavy atom. The van der Waals surface area contributed by atoms with Crippen molar-refractivity contribution in [1.82, 2.24) is 5.32 Å². The Labute approximate surface area is 167 Å². The van der Waals surface area contributed by atoms with Crippen LogP contribution in [0.15, 0.2) is 40.1 Å². The number of methoxy groups -OCH3 is 1. The zero-order valence-corrected chi connectivity index (χ0v) is 16.6. The van der Waals surface area contributed by atoms with E-state index in [1.165, 1.54) is 18.9 Å². The minimum atomic E-state index is -1.01. The van der Waals surface area contributed by atoms with Crippen molar-refractivity contribution in [3.8, 4) is 0 Å². The third-order valence-electron chi connectivity index (χ3n) is 4.30. The van der Waals surface area contributed by atoms with Crippen LogP contribution in [0.1, 0.15) is 27.9 Å². The third-order valence-corrected chi connectivity index (χ3v) is 5.34. The molecular formula is C20H21N3O4S. The van der Waals surface area contributed by atoms with Crippen LogP contribution in [0.2, 0.25) is 0 Å². The van der Waals surface area contributed by atoms with E-state index in [-0.39, 0.29) is 6.42 Å². The van der Waals surface area contributed by atoms with Gasteiger partial charge in [-0.05, 0) is 49.2 Å². The molecule has 7 nitrogen and oxygen atoms in total. The lowest BCUT2D eigenvalue weighted by Gasteiger charge is -2.12. The van der Waals surface area contributed by atoms with Gasteiger partial charge in [-0.3, -0.25) is 14.4 Å². The van der Waals surface area contributed by atoms with Crippen LogP contribution in [0.5, 0.6) is 0 Å². The van der Waals surface area contributed by atoms with Crippen molar-refractivity contribution in [3.63, 3.8) is 0 Å². The fourth-order valence-corrected chi connectivity index (χ4v) is 4.11. The van der Waals surface area contributed by atoms with E-state index in [0.29, 0.717) is 21.8 Å². The van der Waals surface area contributed by atoms with Gasteiger partial charge in [-0.1, -0.05) is 17.8 Å². The van der Waals surface area contributed by atoms with Crippen LogP contribution >= 0.6 is 11.8 Å². The van der Waals surface area contributed by atoms with E-state index in [4.69, 9.17) is 5.73 Å². The molecule has 0 saturated carbocycles. The number of ether oxygens (including phenoxy) is 1. The summed E-state index contributed by atoms with van der Waals surface area (Å²) in [6, 6.07) is 8.37. The van der Waals surface area contributed by atoms with Crippen molar-refractivity contribution in [2.45, 2.75) is 36.1 Å². The summed E-state index contributed by atoms with van der Waals surface area (Å²) in [5.74, 6) is -1.53. The molecule has 2 amide bonds. The van der Waals surface area contributed by atoms with Gasteiger partial charge in [0.05, 0.1) is 24.8 Å². The number of aryl methyl sites for hydroxylation is 2. The number of fused-ring (bicyclic) bond motifs is 1. The largest absolute Gasteiger partial charge is 0.469 e. The summed E-state index contributed by atoms with van der Waals surface area (Å²) in [7, 11) is 1.23. The molecule has 146 valence electrons. The van der Waals surface area contributed by atoms with Gasteiger partial charge in [0, 0.05) is 15.5 Å². The standard InChI is InChI=1S/C20H21N3O4S/c1-10-4-11(2)6-12(5-10)28-17-7-13-15(8-14(17)21)22-20(26)16(23-19(13)25)9-18(24)27-3/h4-8,16H,9,21H2,1-3H3,(H,22,26)(H,23,25)/t16-/m0/s1. The highest BCUT2D eigenvalue weighted by Gasteiger charge is 2.30. The van der Waals surface area contributed by atoms with Gasteiger partial charge >= 0.3 is 5.97 Å². The molecule has 0 bridgehead atoms.